The Bertz CT molecular complexity index is 426. The molecule has 2 rings (SSSR count). The number of carbonyl (C=O) groups is 1. The molecule has 20 heavy (non-hydrogen) atoms. The molecule has 1 fully saturated rings. The highest BCUT2D eigenvalue weighted by molar-refractivity contribution is 5.88. The molecule has 0 bridgehead atoms. The van der Waals surface area contributed by atoms with E-state index in [9.17, 15) is 4.79 Å². The van der Waals surface area contributed by atoms with Crippen LogP contribution in [-0.4, -0.2) is 48.9 Å². The van der Waals surface area contributed by atoms with Gasteiger partial charge in [-0.15, -0.1) is 0 Å². The topological polar surface area (TPSA) is 23.6 Å². The molecule has 0 aromatic heterocycles. The van der Waals surface area contributed by atoms with E-state index in [1.807, 2.05) is 4.90 Å². The number of hydrogen-bond donors (Lipinski definition) is 0. The number of allylic oxidation sites excluding steroid dienone is 3. The van der Waals surface area contributed by atoms with Gasteiger partial charge in [-0.25, -0.2) is 0 Å². The normalized spacial score (nSPS) is 24.5. The highest BCUT2D eigenvalue weighted by Gasteiger charge is 2.27. The first kappa shape index (κ1) is 15.3. The molecule has 0 unspecified atom stereocenters. The summed E-state index contributed by atoms with van der Waals surface area (Å²) in [6.45, 7) is 10.4. The van der Waals surface area contributed by atoms with Crippen LogP contribution in [0.4, 0.5) is 0 Å². The van der Waals surface area contributed by atoms with E-state index in [-0.39, 0.29) is 11.3 Å². The van der Waals surface area contributed by atoms with Gasteiger partial charge in [-0.2, -0.15) is 0 Å². The van der Waals surface area contributed by atoms with Gasteiger partial charge in [0.2, 0.25) is 5.91 Å². The Morgan fingerprint density at radius 2 is 1.85 bits per heavy atom. The van der Waals surface area contributed by atoms with Crippen LogP contribution >= 0.6 is 0 Å². The van der Waals surface area contributed by atoms with E-state index in [0.717, 1.165) is 26.2 Å². The van der Waals surface area contributed by atoms with Crippen LogP contribution in [0.5, 0.6) is 0 Å². The second kappa shape index (κ2) is 6.13. The summed E-state index contributed by atoms with van der Waals surface area (Å²) in [4.78, 5) is 16.5. The number of likely N-dealkylation sites (N-methyl/N-ethyl adjacent to an activating group) is 1. The van der Waals surface area contributed by atoms with Crippen molar-refractivity contribution in [1.82, 2.24) is 9.80 Å². The van der Waals surface area contributed by atoms with E-state index in [4.69, 9.17) is 0 Å². The van der Waals surface area contributed by atoms with Crippen molar-refractivity contribution in [3.63, 3.8) is 0 Å². The van der Waals surface area contributed by atoms with Crippen LogP contribution in [0.2, 0.25) is 0 Å². The van der Waals surface area contributed by atoms with Gasteiger partial charge < -0.3 is 9.80 Å². The predicted molar refractivity (Wildman–Crippen MR) is 83.5 cm³/mol. The molecule has 0 spiro atoms. The number of hydrogen-bond acceptors (Lipinski definition) is 2. The molecule has 112 valence electrons. The Morgan fingerprint density at radius 3 is 2.45 bits per heavy atom. The molecule has 1 aliphatic carbocycles. The second-order valence-electron chi connectivity index (χ2n) is 6.89. The SMILES string of the molecule is CC1=C(C=CC(=O)N2CCN(C)CC2)C(C)(C)CCC1. The third kappa shape index (κ3) is 3.51. The maximum absolute atomic E-state index is 12.3. The van der Waals surface area contributed by atoms with E-state index in [2.05, 4.69) is 38.8 Å². The minimum absolute atomic E-state index is 0.166. The molecule has 0 saturated carbocycles. The molecule has 1 aliphatic heterocycles. The molecular weight excluding hydrogens is 248 g/mol. The smallest absolute Gasteiger partial charge is 0.246 e. The summed E-state index contributed by atoms with van der Waals surface area (Å²) >= 11 is 0. The van der Waals surface area contributed by atoms with E-state index in [1.54, 1.807) is 6.08 Å². The fraction of sp³-hybridized carbons (Fsp3) is 0.706. The lowest BCUT2D eigenvalue weighted by Crippen LogP contribution is -2.46. The predicted octanol–water partition coefficient (Wildman–Crippen LogP) is 2.84. The summed E-state index contributed by atoms with van der Waals surface area (Å²) in [5.41, 5.74) is 3.02. The monoisotopic (exact) mass is 276 g/mol. The van der Waals surface area contributed by atoms with Gasteiger partial charge in [0.25, 0.3) is 0 Å². The van der Waals surface area contributed by atoms with Crippen molar-refractivity contribution >= 4 is 5.91 Å². The quantitative estimate of drug-likeness (QED) is 0.724. The van der Waals surface area contributed by atoms with Crippen LogP contribution < -0.4 is 0 Å². The molecule has 0 N–H and O–H groups in total. The lowest BCUT2D eigenvalue weighted by Gasteiger charge is -2.33. The van der Waals surface area contributed by atoms with Crippen molar-refractivity contribution in [1.29, 1.82) is 0 Å². The highest BCUT2D eigenvalue weighted by atomic mass is 16.2. The van der Waals surface area contributed by atoms with Gasteiger partial charge in [-0.05, 0) is 44.2 Å². The summed E-state index contributed by atoms with van der Waals surface area (Å²) < 4.78 is 0. The van der Waals surface area contributed by atoms with E-state index >= 15 is 0 Å². The van der Waals surface area contributed by atoms with Crippen LogP contribution in [0.1, 0.15) is 40.0 Å². The molecule has 1 heterocycles. The van der Waals surface area contributed by atoms with Crippen LogP contribution in [0.25, 0.3) is 0 Å². The highest BCUT2D eigenvalue weighted by Crippen LogP contribution is 2.40. The van der Waals surface area contributed by atoms with Gasteiger partial charge in [0, 0.05) is 32.3 Å². The van der Waals surface area contributed by atoms with Crippen molar-refractivity contribution in [2.24, 2.45) is 5.41 Å². The number of rotatable bonds is 2. The molecule has 1 saturated heterocycles. The zero-order valence-electron chi connectivity index (χ0n) is 13.4. The number of piperazine rings is 1. The zero-order chi connectivity index (χ0) is 14.8. The third-order valence-corrected chi connectivity index (χ3v) is 4.75. The molecular formula is C17H28N2O. The summed E-state index contributed by atoms with van der Waals surface area (Å²) in [6.07, 6.45) is 7.52. The lowest BCUT2D eigenvalue weighted by molar-refractivity contribution is -0.127. The Hall–Kier alpha value is -1.09. The first-order valence-electron chi connectivity index (χ1n) is 7.76. The van der Waals surface area contributed by atoms with Crippen molar-refractivity contribution < 1.29 is 4.79 Å². The zero-order valence-corrected chi connectivity index (χ0v) is 13.4. The summed E-state index contributed by atoms with van der Waals surface area (Å²) in [7, 11) is 2.11. The molecule has 3 heteroatoms. The van der Waals surface area contributed by atoms with Crippen LogP contribution in [0.3, 0.4) is 0 Å². The molecule has 0 radical (unpaired) electrons. The molecule has 1 amide bonds. The van der Waals surface area contributed by atoms with Gasteiger partial charge >= 0.3 is 0 Å². The standard InChI is InChI=1S/C17H28N2O/c1-14-6-5-9-17(2,3)15(14)7-8-16(20)19-12-10-18(4)11-13-19/h7-8H,5-6,9-13H2,1-4H3. The molecule has 0 atom stereocenters. The van der Waals surface area contributed by atoms with Gasteiger partial charge in [-0.1, -0.05) is 25.5 Å². The van der Waals surface area contributed by atoms with E-state index < -0.39 is 0 Å². The Balaban J connectivity index is 2.03. The van der Waals surface area contributed by atoms with Gasteiger partial charge in [-0.3, -0.25) is 4.79 Å². The molecule has 2 aliphatic rings. The van der Waals surface area contributed by atoms with Crippen LogP contribution in [-0.2, 0) is 4.79 Å². The van der Waals surface area contributed by atoms with Crippen LogP contribution in [0.15, 0.2) is 23.3 Å². The van der Waals surface area contributed by atoms with Crippen molar-refractivity contribution in [2.45, 2.75) is 40.0 Å². The number of nitrogens with zero attached hydrogens (tertiary/aromatic N) is 2. The minimum Gasteiger partial charge on any atom is -0.337 e. The van der Waals surface area contributed by atoms with Gasteiger partial charge in [0.15, 0.2) is 0 Å². The number of carbonyl (C=O) groups excluding carboxylic acids is 1. The summed E-state index contributed by atoms with van der Waals surface area (Å²) in [5, 5.41) is 0. The molecule has 3 nitrogen and oxygen atoms in total. The third-order valence-electron chi connectivity index (χ3n) is 4.75. The van der Waals surface area contributed by atoms with Gasteiger partial charge in [0.1, 0.15) is 0 Å². The van der Waals surface area contributed by atoms with Crippen molar-refractivity contribution in [3.8, 4) is 0 Å². The van der Waals surface area contributed by atoms with Crippen LogP contribution in [0, 0.1) is 5.41 Å². The second-order valence-corrected chi connectivity index (χ2v) is 6.89. The first-order valence-corrected chi connectivity index (χ1v) is 7.76. The largest absolute Gasteiger partial charge is 0.337 e. The molecule has 0 aromatic rings. The average Bonchev–Trinajstić information content (AvgIpc) is 2.38. The Kier molecular flexibility index (Phi) is 4.69. The van der Waals surface area contributed by atoms with E-state index in [1.165, 1.54) is 30.4 Å². The maximum Gasteiger partial charge on any atom is 0.246 e. The van der Waals surface area contributed by atoms with Crippen molar-refractivity contribution in [2.75, 3.05) is 33.2 Å². The lowest BCUT2D eigenvalue weighted by atomic mass is 9.72. The first-order chi connectivity index (χ1) is 9.40. The Morgan fingerprint density at radius 1 is 1.20 bits per heavy atom. The minimum atomic E-state index is 0.166. The Labute approximate surface area is 123 Å². The summed E-state index contributed by atoms with van der Waals surface area (Å²) in [6, 6.07) is 0. The average molecular weight is 276 g/mol. The molecule has 0 aromatic carbocycles. The van der Waals surface area contributed by atoms with Gasteiger partial charge in [0.05, 0.1) is 0 Å². The fourth-order valence-corrected chi connectivity index (χ4v) is 3.30. The number of amides is 1. The van der Waals surface area contributed by atoms with Crippen molar-refractivity contribution in [3.05, 3.63) is 23.3 Å². The fourth-order valence-electron chi connectivity index (χ4n) is 3.30. The summed E-state index contributed by atoms with van der Waals surface area (Å²) in [5.74, 6) is 0.166. The maximum atomic E-state index is 12.3. The van der Waals surface area contributed by atoms with E-state index in [0.29, 0.717) is 0 Å².